The Morgan fingerprint density at radius 1 is 0.742 bits per heavy atom. The minimum absolute atomic E-state index is 0.0161. The van der Waals surface area contributed by atoms with Gasteiger partial charge in [-0.25, -0.2) is 0 Å². The van der Waals surface area contributed by atoms with E-state index in [1.54, 1.807) is 62.5 Å². The number of carbonyl (C=O) groups excluding carboxylic acids is 2. The summed E-state index contributed by atoms with van der Waals surface area (Å²) >= 11 is 0. The average molecular weight is 428 g/mol. The maximum absolute atomic E-state index is 12.9. The van der Waals surface area contributed by atoms with Gasteiger partial charge >= 0.3 is 0 Å². The van der Waals surface area contributed by atoms with Crippen LogP contribution in [0, 0.1) is 0 Å². The Kier molecular flexibility index (Phi) is 7.23. The van der Waals surface area contributed by atoms with Crippen LogP contribution in [0.15, 0.2) is 36.4 Å². The van der Waals surface area contributed by atoms with Crippen LogP contribution in [0.1, 0.15) is 15.9 Å². The van der Waals surface area contributed by atoms with Crippen molar-refractivity contribution < 1.29 is 28.5 Å². The molecule has 166 valence electrons. The Hall–Kier alpha value is -3.42. The summed E-state index contributed by atoms with van der Waals surface area (Å²) in [5, 5.41) is 0. The van der Waals surface area contributed by atoms with Crippen molar-refractivity contribution >= 4 is 11.8 Å². The van der Waals surface area contributed by atoms with Gasteiger partial charge in [-0.3, -0.25) is 9.59 Å². The molecule has 2 aromatic carbocycles. The number of carbonyl (C=O) groups is 2. The van der Waals surface area contributed by atoms with E-state index in [1.165, 1.54) is 0 Å². The van der Waals surface area contributed by atoms with E-state index in [2.05, 4.69) is 0 Å². The number of piperazine rings is 1. The predicted octanol–water partition coefficient (Wildman–Crippen LogP) is 2.25. The highest BCUT2D eigenvalue weighted by Gasteiger charge is 2.25. The SMILES string of the molecule is COc1cc(OC)cc(C(=O)N2CCN(C(=O)Cc3ccc(OC)c(OC)c3)CC2)c1. The van der Waals surface area contributed by atoms with E-state index in [9.17, 15) is 9.59 Å². The van der Waals surface area contributed by atoms with Crippen molar-refractivity contribution in [2.75, 3.05) is 54.6 Å². The molecule has 0 radical (unpaired) electrons. The summed E-state index contributed by atoms with van der Waals surface area (Å²) in [6.07, 6.45) is 0.265. The first-order valence-corrected chi connectivity index (χ1v) is 10.00. The van der Waals surface area contributed by atoms with Gasteiger partial charge in [-0.15, -0.1) is 0 Å². The fraction of sp³-hybridized carbons (Fsp3) is 0.391. The highest BCUT2D eigenvalue weighted by molar-refractivity contribution is 5.95. The van der Waals surface area contributed by atoms with E-state index < -0.39 is 0 Å². The number of hydrogen-bond acceptors (Lipinski definition) is 6. The Morgan fingerprint density at radius 2 is 1.32 bits per heavy atom. The molecule has 0 unspecified atom stereocenters. The van der Waals surface area contributed by atoms with Crippen LogP contribution in [0.4, 0.5) is 0 Å². The van der Waals surface area contributed by atoms with E-state index in [1.807, 2.05) is 12.1 Å². The highest BCUT2D eigenvalue weighted by Crippen LogP contribution is 2.28. The van der Waals surface area contributed by atoms with Crippen molar-refractivity contribution in [3.8, 4) is 23.0 Å². The quantitative estimate of drug-likeness (QED) is 0.673. The maximum atomic E-state index is 12.9. The van der Waals surface area contributed by atoms with Gasteiger partial charge in [-0.1, -0.05) is 6.07 Å². The molecule has 1 fully saturated rings. The van der Waals surface area contributed by atoms with Gasteiger partial charge in [0.25, 0.3) is 5.91 Å². The lowest BCUT2D eigenvalue weighted by atomic mass is 10.1. The minimum atomic E-state index is -0.107. The second kappa shape index (κ2) is 10.1. The molecule has 0 N–H and O–H groups in total. The summed E-state index contributed by atoms with van der Waals surface area (Å²) in [6.45, 7) is 1.91. The zero-order valence-corrected chi connectivity index (χ0v) is 18.3. The molecule has 31 heavy (non-hydrogen) atoms. The monoisotopic (exact) mass is 428 g/mol. The van der Waals surface area contributed by atoms with E-state index in [-0.39, 0.29) is 18.2 Å². The summed E-state index contributed by atoms with van der Waals surface area (Å²) in [5.41, 5.74) is 1.35. The number of rotatable bonds is 7. The third kappa shape index (κ3) is 5.20. The van der Waals surface area contributed by atoms with Gasteiger partial charge in [0.1, 0.15) is 11.5 Å². The van der Waals surface area contributed by atoms with E-state index in [4.69, 9.17) is 18.9 Å². The van der Waals surface area contributed by atoms with Crippen LogP contribution in [0.25, 0.3) is 0 Å². The predicted molar refractivity (Wildman–Crippen MR) is 115 cm³/mol. The van der Waals surface area contributed by atoms with Gasteiger partial charge in [0, 0.05) is 37.8 Å². The number of methoxy groups -OCH3 is 4. The molecule has 1 saturated heterocycles. The van der Waals surface area contributed by atoms with E-state index in [0.29, 0.717) is 54.7 Å². The van der Waals surface area contributed by atoms with Crippen LogP contribution in [0.2, 0.25) is 0 Å². The standard InChI is InChI=1S/C23H28N2O6/c1-28-18-13-17(14-19(15-18)29-2)23(27)25-9-7-24(8-10-25)22(26)12-16-5-6-20(30-3)21(11-16)31-4/h5-6,11,13-15H,7-10,12H2,1-4H3. The lowest BCUT2D eigenvalue weighted by molar-refractivity contribution is -0.131. The van der Waals surface area contributed by atoms with Crippen LogP contribution < -0.4 is 18.9 Å². The zero-order valence-electron chi connectivity index (χ0n) is 18.3. The third-order valence-corrected chi connectivity index (χ3v) is 5.32. The molecule has 0 aliphatic carbocycles. The Morgan fingerprint density at radius 3 is 1.87 bits per heavy atom. The number of benzene rings is 2. The molecule has 0 saturated carbocycles. The third-order valence-electron chi connectivity index (χ3n) is 5.32. The van der Waals surface area contributed by atoms with Crippen molar-refractivity contribution in [3.63, 3.8) is 0 Å². The molecular weight excluding hydrogens is 400 g/mol. The van der Waals surface area contributed by atoms with Crippen molar-refractivity contribution in [2.45, 2.75) is 6.42 Å². The number of ether oxygens (including phenoxy) is 4. The first-order valence-electron chi connectivity index (χ1n) is 10.00. The molecule has 1 aliphatic rings. The summed E-state index contributed by atoms with van der Waals surface area (Å²) < 4.78 is 21.0. The van der Waals surface area contributed by atoms with E-state index >= 15 is 0 Å². The summed E-state index contributed by atoms with van der Waals surface area (Å²) in [4.78, 5) is 29.2. The molecule has 2 amide bonds. The van der Waals surface area contributed by atoms with Crippen LogP contribution in [0.5, 0.6) is 23.0 Å². The smallest absolute Gasteiger partial charge is 0.254 e. The molecule has 1 heterocycles. The normalized spacial score (nSPS) is 13.5. The Bertz CT molecular complexity index is 915. The zero-order chi connectivity index (χ0) is 22.4. The van der Waals surface area contributed by atoms with E-state index in [0.717, 1.165) is 5.56 Å². The van der Waals surface area contributed by atoms with Gasteiger partial charge in [0.05, 0.1) is 34.9 Å². The fourth-order valence-electron chi connectivity index (χ4n) is 3.55. The van der Waals surface area contributed by atoms with Gasteiger partial charge in [-0.2, -0.15) is 0 Å². The Labute approximate surface area is 182 Å². The lowest BCUT2D eigenvalue weighted by Crippen LogP contribution is -2.51. The molecule has 0 aromatic heterocycles. The average Bonchev–Trinajstić information content (AvgIpc) is 2.83. The molecule has 3 rings (SSSR count). The second-order valence-electron chi connectivity index (χ2n) is 7.14. The van der Waals surface area contributed by atoms with Crippen LogP contribution in [-0.4, -0.2) is 76.2 Å². The molecule has 0 spiro atoms. The molecule has 1 aliphatic heterocycles. The molecule has 8 nitrogen and oxygen atoms in total. The van der Waals surface area contributed by atoms with Crippen molar-refractivity contribution in [1.29, 1.82) is 0 Å². The summed E-state index contributed by atoms with van der Waals surface area (Å²) in [5.74, 6) is 2.25. The fourth-order valence-corrected chi connectivity index (χ4v) is 3.55. The number of nitrogens with zero attached hydrogens (tertiary/aromatic N) is 2. The minimum Gasteiger partial charge on any atom is -0.497 e. The van der Waals surface area contributed by atoms with Crippen LogP contribution in [0.3, 0.4) is 0 Å². The number of hydrogen-bond donors (Lipinski definition) is 0. The number of amides is 2. The Balaban J connectivity index is 1.60. The van der Waals surface area contributed by atoms with Crippen LogP contribution >= 0.6 is 0 Å². The second-order valence-corrected chi connectivity index (χ2v) is 7.14. The maximum Gasteiger partial charge on any atom is 0.254 e. The summed E-state index contributed by atoms with van der Waals surface area (Å²) in [6, 6.07) is 10.6. The topological polar surface area (TPSA) is 77.5 Å². The lowest BCUT2D eigenvalue weighted by Gasteiger charge is -2.35. The molecule has 8 heteroatoms. The first-order chi connectivity index (χ1) is 15.0. The van der Waals surface area contributed by atoms with Gasteiger partial charge in [0.15, 0.2) is 11.5 Å². The van der Waals surface area contributed by atoms with Crippen LogP contribution in [-0.2, 0) is 11.2 Å². The molecule has 2 aromatic rings. The van der Waals surface area contributed by atoms with Gasteiger partial charge in [-0.05, 0) is 29.8 Å². The van der Waals surface area contributed by atoms with Crippen molar-refractivity contribution in [1.82, 2.24) is 9.80 Å². The van der Waals surface area contributed by atoms with Crippen molar-refractivity contribution in [3.05, 3.63) is 47.5 Å². The van der Waals surface area contributed by atoms with Crippen molar-refractivity contribution in [2.24, 2.45) is 0 Å². The summed E-state index contributed by atoms with van der Waals surface area (Å²) in [7, 11) is 6.24. The van der Waals surface area contributed by atoms with Gasteiger partial charge in [0.2, 0.25) is 5.91 Å². The first kappa shape index (κ1) is 22.3. The molecule has 0 atom stereocenters. The molecule has 0 bridgehead atoms. The van der Waals surface area contributed by atoms with Gasteiger partial charge < -0.3 is 28.7 Å². The largest absolute Gasteiger partial charge is 0.497 e. The highest BCUT2D eigenvalue weighted by atomic mass is 16.5. The molecular formula is C23H28N2O6.